The Kier molecular flexibility index (Phi) is 10.8. The van der Waals surface area contributed by atoms with E-state index < -0.39 is 7.81 Å². The molecule has 0 atom stereocenters. The minimum atomic E-state index is -10.7. The first-order chi connectivity index (χ1) is 10.5. The molecular formula is C17H24F6PRh-. The summed E-state index contributed by atoms with van der Waals surface area (Å²) in [4.78, 5) is 0. The summed E-state index contributed by atoms with van der Waals surface area (Å²) < 4.78 is 59.2. The molecule has 0 aromatic carbocycles. The molecule has 0 aliphatic heterocycles. The van der Waals surface area contributed by atoms with Crippen LogP contribution in [0, 0.1) is 74.5 Å². The van der Waals surface area contributed by atoms with E-state index in [-0.39, 0.29) is 19.5 Å². The number of rotatable bonds is 2. The predicted octanol–water partition coefficient (Wildman–Crippen LogP) is 7.87. The fourth-order valence-electron chi connectivity index (χ4n) is 1.72. The second-order valence-corrected chi connectivity index (χ2v) is 8.12. The quantitative estimate of drug-likeness (QED) is 0.216. The van der Waals surface area contributed by atoms with E-state index >= 15 is 0 Å². The topological polar surface area (TPSA) is 0 Å². The molecule has 0 aromatic heterocycles. The first kappa shape index (κ1) is 27.8. The Balaban J connectivity index is 0. The van der Waals surface area contributed by atoms with Crippen LogP contribution in [0.1, 0.15) is 34.6 Å². The van der Waals surface area contributed by atoms with E-state index in [1.54, 1.807) is 0 Å². The first-order valence-electron chi connectivity index (χ1n) is 7.47. The number of halogens is 6. The van der Waals surface area contributed by atoms with Gasteiger partial charge in [-0.05, 0) is 74.5 Å². The molecule has 0 unspecified atom stereocenters. The standard InChI is InChI=1S/C9H13.C8H11.F6P.Rh/c1-7(2)9-5-4-8(3)6-9;1-7(2)8-5-3-4-6-8;1-7(2,3,4,5)6;/h4-7H,1-3H3;3-7H,1-2H3;;/q;;-1;. The van der Waals surface area contributed by atoms with Gasteiger partial charge in [-0.2, -0.15) is 0 Å². The molecule has 0 N–H and O–H groups in total. The second kappa shape index (κ2) is 9.71. The van der Waals surface area contributed by atoms with Gasteiger partial charge in [-0.25, -0.2) is 0 Å². The van der Waals surface area contributed by atoms with Crippen LogP contribution in [0.5, 0.6) is 0 Å². The fraction of sp³-hybridized carbons (Fsp3) is 0.412. The van der Waals surface area contributed by atoms with Crippen molar-refractivity contribution < 1.29 is 44.7 Å². The molecule has 2 aliphatic rings. The fourth-order valence-corrected chi connectivity index (χ4v) is 1.72. The monoisotopic (exact) mass is 476 g/mol. The van der Waals surface area contributed by atoms with E-state index in [2.05, 4.69) is 79.6 Å². The Bertz CT molecular complexity index is 348. The summed E-state index contributed by atoms with van der Waals surface area (Å²) in [6.45, 7) is 11.0. The van der Waals surface area contributed by atoms with E-state index in [0.29, 0.717) is 11.8 Å². The van der Waals surface area contributed by atoms with Gasteiger partial charge in [0.1, 0.15) is 0 Å². The third-order valence-corrected chi connectivity index (χ3v) is 2.95. The van der Waals surface area contributed by atoms with Crippen LogP contribution in [-0.2, 0) is 19.5 Å². The SMILES string of the molecule is CC(C)[C]1[CH][CH][CH][CH]1.C[C]1[CH][CH][C](C(C)C)[CH]1.F[P-](F)(F)(F)(F)F.[Rh]. The molecule has 2 fully saturated rings. The van der Waals surface area contributed by atoms with Gasteiger partial charge in [0.25, 0.3) is 0 Å². The van der Waals surface area contributed by atoms with Crippen molar-refractivity contribution in [2.75, 3.05) is 0 Å². The third-order valence-electron chi connectivity index (χ3n) is 2.95. The van der Waals surface area contributed by atoms with Crippen LogP contribution in [0.15, 0.2) is 0 Å². The summed E-state index contributed by atoms with van der Waals surface area (Å²) >= 11 is 0. The number of hydrogen-bond donors (Lipinski definition) is 0. The normalized spacial score (nSPS) is 22.4. The Morgan fingerprint density at radius 3 is 1.20 bits per heavy atom. The molecule has 0 aromatic rings. The first-order valence-corrected chi connectivity index (χ1v) is 9.49. The smallest absolute Gasteiger partial charge is 0 e. The molecule has 25 heavy (non-hydrogen) atoms. The zero-order valence-corrected chi connectivity index (χ0v) is 17.3. The van der Waals surface area contributed by atoms with E-state index in [0.717, 1.165) is 0 Å². The van der Waals surface area contributed by atoms with Gasteiger partial charge < -0.3 is 0 Å². The molecule has 149 valence electrons. The summed E-state index contributed by atoms with van der Waals surface area (Å²) in [5, 5.41) is 0. The zero-order valence-electron chi connectivity index (χ0n) is 14.7. The molecule has 0 heterocycles. The van der Waals surface area contributed by atoms with Crippen molar-refractivity contribution in [2.45, 2.75) is 34.6 Å². The Hall–Kier alpha value is 0.633. The summed E-state index contributed by atoms with van der Waals surface area (Å²) in [6.07, 6.45) is 15.1. The molecule has 0 amide bonds. The Morgan fingerprint density at radius 2 is 1.04 bits per heavy atom. The van der Waals surface area contributed by atoms with E-state index in [1.807, 2.05) is 0 Å². The number of hydrogen-bond acceptors (Lipinski definition) is 0. The maximum Gasteiger partial charge on any atom is 0 e. The molecule has 2 saturated carbocycles. The molecule has 8 heteroatoms. The van der Waals surface area contributed by atoms with Crippen molar-refractivity contribution >= 4 is 7.81 Å². The molecule has 0 nitrogen and oxygen atoms in total. The molecule has 0 bridgehead atoms. The van der Waals surface area contributed by atoms with Crippen LogP contribution in [-0.4, -0.2) is 0 Å². The van der Waals surface area contributed by atoms with Crippen molar-refractivity contribution in [3.63, 3.8) is 0 Å². The average Bonchev–Trinajstić information content (AvgIpc) is 2.95. The van der Waals surface area contributed by atoms with Crippen molar-refractivity contribution in [1.29, 1.82) is 0 Å². The van der Waals surface area contributed by atoms with Gasteiger partial charge >= 0.3 is 33.0 Å². The predicted molar refractivity (Wildman–Crippen MR) is 88.7 cm³/mol. The molecule has 2 rings (SSSR count). The van der Waals surface area contributed by atoms with Crippen molar-refractivity contribution in [3.05, 3.63) is 62.7 Å². The Labute approximate surface area is 161 Å². The largest absolute Gasteiger partial charge is 0 e. The summed E-state index contributed by atoms with van der Waals surface area (Å²) in [7, 11) is -10.7. The van der Waals surface area contributed by atoms with Crippen LogP contribution >= 0.6 is 7.81 Å². The third kappa shape index (κ3) is 20.8. The van der Waals surface area contributed by atoms with Crippen LogP contribution in [0.2, 0.25) is 0 Å². The van der Waals surface area contributed by atoms with Gasteiger partial charge in [0.05, 0.1) is 0 Å². The van der Waals surface area contributed by atoms with Crippen molar-refractivity contribution in [2.24, 2.45) is 11.8 Å². The maximum absolute atomic E-state index is 10.7. The second-order valence-electron chi connectivity index (χ2n) is 6.21. The van der Waals surface area contributed by atoms with E-state index in [1.165, 1.54) is 17.8 Å². The molecule has 2 aliphatic carbocycles. The van der Waals surface area contributed by atoms with Crippen molar-refractivity contribution in [3.8, 4) is 0 Å². The van der Waals surface area contributed by atoms with Crippen LogP contribution in [0.4, 0.5) is 25.2 Å². The van der Waals surface area contributed by atoms with Crippen molar-refractivity contribution in [1.82, 2.24) is 0 Å². The van der Waals surface area contributed by atoms with Gasteiger partial charge in [0.15, 0.2) is 0 Å². The average molecular weight is 476 g/mol. The van der Waals surface area contributed by atoms with Gasteiger partial charge in [-0.15, -0.1) is 0 Å². The van der Waals surface area contributed by atoms with Gasteiger partial charge in [-0.1, -0.05) is 34.6 Å². The van der Waals surface area contributed by atoms with Gasteiger partial charge in [0.2, 0.25) is 0 Å². The van der Waals surface area contributed by atoms with Crippen LogP contribution in [0.25, 0.3) is 0 Å². The summed E-state index contributed by atoms with van der Waals surface area (Å²) in [5.41, 5.74) is 0. The molecule has 0 saturated heterocycles. The van der Waals surface area contributed by atoms with Gasteiger partial charge in [-0.3, -0.25) is 0 Å². The summed E-state index contributed by atoms with van der Waals surface area (Å²) in [5.74, 6) is 5.62. The molecule has 11 radical (unpaired) electrons. The molecule has 0 spiro atoms. The van der Waals surface area contributed by atoms with Gasteiger partial charge in [0, 0.05) is 19.5 Å². The van der Waals surface area contributed by atoms with Crippen LogP contribution < -0.4 is 0 Å². The Morgan fingerprint density at radius 1 is 0.680 bits per heavy atom. The molecular weight excluding hydrogens is 452 g/mol. The zero-order chi connectivity index (χ0) is 19.2. The van der Waals surface area contributed by atoms with E-state index in [4.69, 9.17) is 0 Å². The van der Waals surface area contributed by atoms with E-state index in [9.17, 15) is 25.2 Å². The summed E-state index contributed by atoms with van der Waals surface area (Å²) in [6, 6.07) is 0. The van der Waals surface area contributed by atoms with Crippen LogP contribution in [0.3, 0.4) is 0 Å². The minimum absolute atomic E-state index is 0. The minimum Gasteiger partial charge on any atom is 0 e. The maximum atomic E-state index is 9.87.